The van der Waals surface area contributed by atoms with Crippen molar-refractivity contribution in [3.8, 4) is 5.69 Å². The van der Waals surface area contributed by atoms with Crippen LogP contribution < -0.4 is 5.32 Å². The van der Waals surface area contributed by atoms with Crippen LogP contribution in [0.3, 0.4) is 0 Å². The summed E-state index contributed by atoms with van der Waals surface area (Å²) >= 11 is 0. The van der Waals surface area contributed by atoms with Crippen molar-refractivity contribution in [2.45, 2.75) is 24.9 Å². The highest BCUT2D eigenvalue weighted by Gasteiger charge is 2.30. The first kappa shape index (κ1) is 23.5. The summed E-state index contributed by atoms with van der Waals surface area (Å²) in [6.45, 7) is 4.22. The number of halogens is 3. The number of anilines is 1. The van der Waals surface area contributed by atoms with E-state index in [2.05, 4.69) is 10.3 Å². The van der Waals surface area contributed by atoms with Gasteiger partial charge in [0, 0.05) is 30.7 Å². The lowest BCUT2D eigenvalue weighted by Gasteiger charge is -2.18. The van der Waals surface area contributed by atoms with Crippen LogP contribution in [-0.2, 0) is 16.2 Å². The third-order valence-corrected chi connectivity index (χ3v) is 6.81. The van der Waals surface area contributed by atoms with Crippen molar-refractivity contribution < 1.29 is 26.4 Å². The molecule has 170 valence electrons. The number of hydrogen-bond acceptors (Lipinski definition) is 4. The molecule has 1 N–H and O–H groups in total. The molecule has 1 aromatic heterocycles. The molecule has 0 spiro atoms. The Morgan fingerprint density at radius 1 is 1.09 bits per heavy atom. The number of benzene rings is 2. The van der Waals surface area contributed by atoms with Gasteiger partial charge in [0.25, 0.3) is 5.91 Å². The maximum absolute atomic E-state index is 12.8. The molecular formula is C21H21F3N4O3S. The molecule has 0 atom stereocenters. The number of aromatic nitrogens is 2. The Kier molecular flexibility index (Phi) is 6.70. The number of carbonyl (C=O) groups is 1. The van der Waals surface area contributed by atoms with E-state index in [9.17, 15) is 26.4 Å². The molecule has 1 heterocycles. The van der Waals surface area contributed by atoms with Crippen LogP contribution in [0.25, 0.3) is 5.69 Å². The number of nitrogens with zero attached hydrogens (tertiary/aromatic N) is 3. The molecule has 0 aliphatic rings. The van der Waals surface area contributed by atoms with E-state index in [1.807, 2.05) is 0 Å². The average molecular weight is 466 g/mol. The summed E-state index contributed by atoms with van der Waals surface area (Å²) < 4.78 is 66.5. The topological polar surface area (TPSA) is 84.3 Å². The van der Waals surface area contributed by atoms with E-state index in [-0.39, 0.29) is 16.3 Å². The van der Waals surface area contributed by atoms with Gasteiger partial charge in [0.2, 0.25) is 10.0 Å². The van der Waals surface area contributed by atoms with Gasteiger partial charge in [0.1, 0.15) is 12.0 Å². The van der Waals surface area contributed by atoms with Gasteiger partial charge in [-0.15, -0.1) is 0 Å². The highest BCUT2D eigenvalue weighted by molar-refractivity contribution is 7.89. The number of hydrogen-bond donors (Lipinski definition) is 1. The van der Waals surface area contributed by atoms with Crippen molar-refractivity contribution in [1.29, 1.82) is 0 Å². The molecule has 7 nitrogen and oxygen atoms in total. The molecule has 0 radical (unpaired) electrons. The average Bonchev–Trinajstić information content (AvgIpc) is 3.25. The van der Waals surface area contributed by atoms with Crippen LogP contribution in [0.4, 0.5) is 18.9 Å². The lowest BCUT2D eigenvalue weighted by molar-refractivity contribution is -0.137. The Hall–Kier alpha value is -3.18. The number of imidazole rings is 1. The fraction of sp³-hybridized carbons (Fsp3) is 0.238. The minimum absolute atomic E-state index is 0.00895. The number of sulfonamides is 1. The molecule has 0 fully saturated rings. The van der Waals surface area contributed by atoms with Crippen molar-refractivity contribution in [2.75, 3.05) is 18.4 Å². The minimum Gasteiger partial charge on any atom is -0.321 e. The van der Waals surface area contributed by atoms with Gasteiger partial charge in [0.05, 0.1) is 10.5 Å². The quantitative estimate of drug-likeness (QED) is 0.566. The summed E-state index contributed by atoms with van der Waals surface area (Å²) in [6, 6.07) is 10.4. The molecule has 0 saturated heterocycles. The third kappa shape index (κ3) is 5.00. The predicted octanol–water partition coefficient (Wildman–Crippen LogP) is 4.17. The molecule has 0 bridgehead atoms. The molecule has 2 aromatic carbocycles. The molecule has 32 heavy (non-hydrogen) atoms. The van der Waals surface area contributed by atoms with Gasteiger partial charge in [0.15, 0.2) is 0 Å². The second-order valence-corrected chi connectivity index (χ2v) is 8.72. The highest BCUT2D eigenvalue weighted by Crippen LogP contribution is 2.30. The smallest absolute Gasteiger partial charge is 0.321 e. The highest BCUT2D eigenvalue weighted by atomic mass is 32.2. The SMILES string of the molecule is CCN(CC)S(=O)(=O)c1ccc(-n2cnc(C(=O)Nc3cccc(C(F)(F)F)c3)c2)cc1. The van der Waals surface area contributed by atoms with Gasteiger partial charge >= 0.3 is 6.18 Å². The van der Waals surface area contributed by atoms with Crippen LogP contribution in [0.15, 0.2) is 66.0 Å². The fourth-order valence-electron chi connectivity index (χ4n) is 3.05. The summed E-state index contributed by atoms with van der Waals surface area (Å²) in [7, 11) is -3.59. The normalized spacial score (nSPS) is 12.2. The monoisotopic (exact) mass is 466 g/mol. The molecule has 0 aliphatic carbocycles. The van der Waals surface area contributed by atoms with Crippen LogP contribution in [0, 0.1) is 0 Å². The summed E-state index contributed by atoms with van der Waals surface area (Å²) in [4.78, 5) is 16.5. The summed E-state index contributed by atoms with van der Waals surface area (Å²) in [6.07, 6.45) is -1.76. The number of amides is 1. The molecule has 0 aliphatic heterocycles. The van der Waals surface area contributed by atoms with Gasteiger partial charge < -0.3 is 9.88 Å². The Balaban J connectivity index is 1.77. The van der Waals surface area contributed by atoms with Crippen LogP contribution in [0.2, 0.25) is 0 Å². The van der Waals surface area contributed by atoms with Crippen molar-refractivity contribution in [3.05, 3.63) is 72.3 Å². The minimum atomic E-state index is -4.52. The number of carbonyl (C=O) groups excluding carboxylic acids is 1. The lowest BCUT2D eigenvalue weighted by atomic mass is 10.2. The van der Waals surface area contributed by atoms with E-state index in [1.165, 1.54) is 45.7 Å². The first-order chi connectivity index (χ1) is 15.1. The Labute approximate surface area is 183 Å². The third-order valence-electron chi connectivity index (χ3n) is 4.74. The fourth-order valence-corrected chi connectivity index (χ4v) is 4.51. The van der Waals surface area contributed by atoms with Crippen LogP contribution in [0.1, 0.15) is 29.9 Å². The van der Waals surface area contributed by atoms with Crippen LogP contribution in [-0.4, -0.2) is 41.3 Å². The zero-order valence-corrected chi connectivity index (χ0v) is 18.1. The second kappa shape index (κ2) is 9.13. The van der Waals surface area contributed by atoms with Crippen LogP contribution in [0.5, 0.6) is 0 Å². The largest absolute Gasteiger partial charge is 0.416 e. The molecular weight excluding hydrogens is 445 g/mol. The van der Waals surface area contributed by atoms with E-state index in [0.29, 0.717) is 18.8 Å². The first-order valence-corrected chi connectivity index (χ1v) is 11.1. The van der Waals surface area contributed by atoms with Gasteiger partial charge in [-0.2, -0.15) is 17.5 Å². The zero-order chi connectivity index (χ0) is 23.5. The standard InChI is InChI=1S/C21H21F3N4O3S/c1-3-28(4-2)32(30,31)18-10-8-17(9-11-18)27-13-19(25-14-27)20(29)26-16-7-5-6-15(12-16)21(22,23)24/h5-14H,3-4H2,1-2H3,(H,26,29). The van der Waals surface area contributed by atoms with Crippen molar-refractivity contribution >= 4 is 21.6 Å². The molecule has 3 rings (SSSR count). The van der Waals surface area contributed by atoms with Gasteiger partial charge in [-0.1, -0.05) is 19.9 Å². The Bertz CT molecular complexity index is 1200. The van der Waals surface area contributed by atoms with Crippen LogP contribution >= 0.6 is 0 Å². The summed E-state index contributed by atoms with van der Waals surface area (Å²) in [5, 5.41) is 2.39. The first-order valence-electron chi connectivity index (χ1n) is 9.69. The second-order valence-electron chi connectivity index (χ2n) is 6.78. The summed E-state index contributed by atoms with van der Waals surface area (Å²) in [5.41, 5.74) is -0.331. The predicted molar refractivity (Wildman–Crippen MR) is 113 cm³/mol. The maximum Gasteiger partial charge on any atom is 0.416 e. The van der Waals surface area contributed by atoms with Gasteiger partial charge in [-0.05, 0) is 42.5 Å². The molecule has 1 amide bonds. The molecule has 11 heteroatoms. The van der Waals surface area contributed by atoms with Crippen molar-refractivity contribution in [3.63, 3.8) is 0 Å². The Morgan fingerprint density at radius 3 is 2.34 bits per heavy atom. The van der Waals surface area contributed by atoms with E-state index < -0.39 is 27.7 Å². The summed E-state index contributed by atoms with van der Waals surface area (Å²) in [5.74, 6) is -0.677. The van der Waals surface area contributed by atoms with E-state index >= 15 is 0 Å². The lowest BCUT2D eigenvalue weighted by Crippen LogP contribution is -2.30. The van der Waals surface area contributed by atoms with E-state index in [4.69, 9.17) is 0 Å². The van der Waals surface area contributed by atoms with E-state index in [1.54, 1.807) is 26.0 Å². The van der Waals surface area contributed by atoms with Gasteiger partial charge in [-0.3, -0.25) is 4.79 Å². The number of alkyl halides is 3. The molecule has 3 aromatic rings. The van der Waals surface area contributed by atoms with Gasteiger partial charge in [-0.25, -0.2) is 13.4 Å². The van der Waals surface area contributed by atoms with Crippen molar-refractivity contribution in [2.24, 2.45) is 0 Å². The van der Waals surface area contributed by atoms with Crippen molar-refractivity contribution in [1.82, 2.24) is 13.9 Å². The number of nitrogens with one attached hydrogen (secondary N) is 1. The molecule has 0 unspecified atom stereocenters. The Morgan fingerprint density at radius 2 is 1.75 bits per heavy atom. The van der Waals surface area contributed by atoms with E-state index in [0.717, 1.165) is 12.1 Å². The molecule has 0 saturated carbocycles. The number of rotatable bonds is 7. The zero-order valence-electron chi connectivity index (χ0n) is 17.3. The maximum atomic E-state index is 12.8.